The maximum atomic E-state index is 6.00. The monoisotopic (exact) mass is 222 g/mol. The molecule has 1 heteroatoms. The summed E-state index contributed by atoms with van der Waals surface area (Å²) in [7, 11) is 0. The summed E-state index contributed by atoms with van der Waals surface area (Å²) in [6.45, 7) is 0. The molecule has 0 unspecified atom stereocenters. The lowest BCUT2D eigenvalue weighted by molar-refractivity contribution is 0.506. The van der Waals surface area contributed by atoms with Crippen LogP contribution in [0.3, 0.4) is 0 Å². The van der Waals surface area contributed by atoms with Crippen molar-refractivity contribution in [1.82, 2.24) is 0 Å². The van der Waals surface area contributed by atoms with E-state index in [-0.39, 0.29) is 0 Å². The van der Waals surface area contributed by atoms with Gasteiger partial charge in [0.2, 0.25) is 0 Å². The standard InChI is InChI=1S/C16H14O/c1-2-6-12-11(5-1)9-10-15-16(12)13-7-3-4-8-14(13)17-15/h1-2,5-6,9-10H,3-4,7-8H2. The molecule has 0 spiro atoms. The predicted octanol–water partition coefficient (Wildman–Crippen LogP) is 4.46. The van der Waals surface area contributed by atoms with Gasteiger partial charge in [-0.1, -0.05) is 30.3 Å². The third-order valence-corrected chi connectivity index (χ3v) is 3.84. The second kappa shape index (κ2) is 3.36. The number of rotatable bonds is 0. The molecule has 17 heavy (non-hydrogen) atoms. The average Bonchev–Trinajstić information content (AvgIpc) is 2.77. The lowest BCUT2D eigenvalue weighted by Crippen LogP contribution is -1.98. The maximum Gasteiger partial charge on any atom is 0.135 e. The van der Waals surface area contributed by atoms with Gasteiger partial charge in [0.05, 0.1) is 0 Å². The second-order valence-corrected chi connectivity index (χ2v) is 4.87. The molecule has 84 valence electrons. The van der Waals surface area contributed by atoms with Crippen molar-refractivity contribution in [3.05, 3.63) is 47.7 Å². The van der Waals surface area contributed by atoms with E-state index in [9.17, 15) is 0 Å². The highest BCUT2D eigenvalue weighted by molar-refractivity contribution is 6.07. The Bertz CT molecular complexity index is 706. The summed E-state index contributed by atoms with van der Waals surface area (Å²) in [5.41, 5.74) is 2.53. The van der Waals surface area contributed by atoms with Crippen LogP contribution < -0.4 is 0 Å². The highest BCUT2D eigenvalue weighted by atomic mass is 16.3. The van der Waals surface area contributed by atoms with Crippen molar-refractivity contribution < 1.29 is 4.42 Å². The highest BCUT2D eigenvalue weighted by Gasteiger charge is 2.18. The van der Waals surface area contributed by atoms with Crippen LogP contribution in [0.4, 0.5) is 0 Å². The molecule has 0 aliphatic heterocycles. The quantitative estimate of drug-likeness (QED) is 0.547. The van der Waals surface area contributed by atoms with E-state index < -0.39 is 0 Å². The van der Waals surface area contributed by atoms with E-state index in [1.54, 1.807) is 0 Å². The second-order valence-electron chi connectivity index (χ2n) is 4.87. The molecule has 0 fully saturated rings. The Hall–Kier alpha value is -1.76. The molecule has 0 N–H and O–H groups in total. The summed E-state index contributed by atoms with van der Waals surface area (Å²) in [6.07, 6.45) is 4.85. The van der Waals surface area contributed by atoms with Crippen LogP contribution in [0, 0.1) is 0 Å². The average molecular weight is 222 g/mol. The molecule has 0 saturated heterocycles. The van der Waals surface area contributed by atoms with Crippen LogP contribution in [0.15, 0.2) is 40.8 Å². The van der Waals surface area contributed by atoms with Gasteiger partial charge in [-0.25, -0.2) is 0 Å². The van der Waals surface area contributed by atoms with Gasteiger partial charge in [0.1, 0.15) is 11.3 Å². The summed E-state index contributed by atoms with van der Waals surface area (Å²) in [4.78, 5) is 0. The van der Waals surface area contributed by atoms with Crippen molar-refractivity contribution in [2.24, 2.45) is 0 Å². The SMILES string of the molecule is c1ccc2c(c1)ccc1oc3c(c12)CCCC3. The first-order chi connectivity index (χ1) is 8.43. The third kappa shape index (κ3) is 1.25. The van der Waals surface area contributed by atoms with Gasteiger partial charge in [-0.15, -0.1) is 0 Å². The van der Waals surface area contributed by atoms with Gasteiger partial charge in [0.25, 0.3) is 0 Å². The summed E-state index contributed by atoms with van der Waals surface area (Å²) < 4.78 is 6.00. The molecule has 3 aromatic rings. The minimum Gasteiger partial charge on any atom is -0.461 e. The summed E-state index contributed by atoms with van der Waals surface area (Å²) in [5.74, 6) is 1.22. The van der Waals surface area contributed by atoms with Crippen LogP contribution in [0.25, 0.3) is 21.7 Å². The maximum absolute atomic E-state index is 6.00. The Labute approximate surface area is 100 Å². The molecule has 1 aliphatic carbocycles. The fourth-order valence-corrected chi connectivity index (χ4v) is 3.04. The molecule has 0 atom stereocenters. The first kappa shape index (κ1) is 9.29. The van der Waals surface area contributed by atoms with E-state index in [1.165, 1.54) is 46.7 Å². The Kier molecular flexibility index (Phi) is 1.84. The molecule has 0 radical (unpaired) electrons. The van der Waals surface area contributed by atoms with Crippen LogP contribution in [0.2, 0.25) is 0 Å². The summed E-state index contributed by atoms with van der Waals surface area (Å²) in [6, 6.07) is 12.9. The van der Waals surface area contributed by atoms with Crippen LogP contribution >= 0.6 is 0 Å². The van der Waals surface area contributed by atoms with E-state index in [0.717, 1.165) is 12.0 Å². The smallest absolute Gasteiger partial charge is 0.135 e. The van der Waals surface area contributed by atoms with Gasteiger partial charge in [-0.2, -0.15) is 0 Å². The lowest BCUT2D eigenvalue weighted by atomic mass is 9.94. The van der Waals surface area contributed by atoms with Gasteiger partial charge in [-0.05, 0) is 36.1 Å². The minimum atomic E-state index is 1.07. The molecule has 1 aromatic heterocycles. The normalized spacial score (nSPS) is 15.3. The number of benzene rings is 2. The molecular formula is C16H14O. The zero-order valence-corrected chi connectivity index (χ0v) is 9.70. The predicted molar refractivity (Wildman–Crippen MR) is 70.4 cm³/mol. The molecule has 0 saturated carbocycles. The van der Waals surface area contributed by atoms with Crippen molar-refractivity contribution in [3.8, 4) is 0 Å². The van der Waals surface area contributed by atoms with Crippen molar-refractivity contribution in [2.75, 3.05) is 0 Å². The van der Waals surface area contributed by atoms with Gasteiger partial charge >= 0.3 is 0 Å². The number of aryl methyl sites for hydroxylation is 2. The number of hydrogen-bond acceptors (Lipinski definition) is 1. The zero-order chi connectivity index (χ0) is 11.2. The van der Waals surface area contributed by atoms with Gasteiger partial charge in [-0.3, -0.25) is 0 Å². The number of fused-ring (bicyclic) bond motifs is 5. The molecule has 1 nitrogen and oxygen atoms in total. The number of furan rings is 1. The fraction of sp³-hybridized carbons (Fsp3) is 0.250. The summed E-state index contributed by atoms with van der Waals surface area (Å²) in [5, 5.41) is 4.02. The third-order valence-electron chi connectivity index (χ3n) is 3.84. The Morgan fingerprint density at radius 2 is 1.76 bits per heavy atom. The Balaban J connectivity index is 2.20. The van der Waals surface area contributed by atoms with E-state index in [4.69, 9.17) is 4.42 Å². The fourth-order valence-electron chi connectivity index (χ4n) is 3.04. The van der Waals surface area contributed by atoms with Crippen LogP contribution in [-0.2, 0) is 12.8 Å². The van der Waals surface area contributed by atoms with E-state index >= 15 is 0 Å². The lowest BCUT2D eigenvalue weighted by Gasteiger charge is -2.09. The van der Waals surface area contributed by atoms with Crippen LogP contribution in [-0.4, -0.2) is 0 Å². The molecule has 0 amide bonds. The molecule has 2 aromatic carbocycles. The molecule has 1 aliphatic rings. The first-order valence-corrected chi connectivity index (χ1v) is 6.35. The van der Waals surface area contributed by atoms with Gasteiger partial charge in [0, 0.05) is 17.4 Å². The van der Waals surface area contributed by atoms with Crippen molar-refractivity contribution in [1.29, 1.82) is 0 Å². The van der Waals surface area contributed by atoms with E-state index in [0.29, 0.717) is 0 Å². The summed E-state index contributed by atoms with van der Waals surface area (Å²) >= 11 is 0. The van der Waals surface area contributed by atoms with Crippen molar-refractivity contribution >= 4 is 21.7 Å². The largest absolute Gasteiger partial charge is 0.461 e. The van der Waals surface area contributed by atoms with Gasteiger partial charge < -0.3 is 4.42 Å². The minimum absolute atomic E-state index is 1.07. The Morgan fingerprint density at radius 1 is 0.882 bits per heavy atom. The molecule has 0 bridgehead atoms. The molecular weight excluding hydrogens is 208 g/mol. The van der Waals surface area contributed by atoms with E-state index in [1.807, 2.05) is 0 Å². The first-order valence-electron chi connectivity index (χ1n) is 6.35. The Morgan fingerprint density at radius 3 is 2.76 bits per heavy atom. The zero-order valence-electron chi connectivity index (χ0n) is 9.70. The molecule has 1 heterocycles. The van der Waals surface area contributed by atoms with Crippen LogP contribution in [0.1, 0.15) is 24.2 Å². The molecule has 4 rings (SSSR count). The topological polar surface area (TPSA) is 13.1 Å². The highest BCUT2D eigenvalue weighted by Crippen LogP contribution is 2.36. The van der Waals surface area contributed by atoms with E-state index in [2.05, 4.69) is 36.4 Å². The van der Waals surface area contributed by atoms with Crippen molar-refractivity contribution in [2.45, 2.75) is 25.7 Å². The van der Waals surface area contributed by atoms with Gasteiger partial charge in [0.15, 0.2) is 0 Å². The van der Waals surface area contributed by atoms with Crippen LogP contribution in [0.5, 0.6) is 0 Å². The van der Waals surface area contributed by atoms with Crippen molar-refractivity contribution in [3.63, 3.8) is 0 Å². The number of hydrogen-bond donors (Lipinski definition) is 0.